The van der Waals surface area contributed by atoms with Crippen LogP contribution < -0.4 is 5.32 Å². The SMILES string of the molecule is CCNC(=NCC(c1cnn(C)c1)N(C)C)N1CCC2(CCCC2)C1. The van der Waals surface area contributed by atoms with Crippen molar-refractivity contribution < 1.29 is 0 Å². The minimum Gasteiger partial charge on any atom is -0.357 e. The molecule has 0 amide bonds. The van der Waals surface area contributed by atoms with Gasteiger partial charge < -0.3 is 15.1 Å². The third-order valence-electron chi connectivity index (χ3n) is 5.88. The fourth-order valence-electron chi connectivity index (χ4n) is 4.43. The lowest BCUT2D eigenvalue weighted by molar-refractivity contribution is 0.300. The Morgan fingerprint density at radius 2 is 2.12 bits per heavy atom. The third kappa shape index (κ3) is 4.17. The van der Waals surface area contributed by atoms with Crippen molar-refractivity contribution in [1.29, 1.82) is 0 Å². The Morgan fingerprint density at radius 3 is 2.72 bits per heavy atom. The smallest absolute Gasteiger partial charge is 0.194 e. The molecule has 2 fully saturated rings. The van der Waals surface area contributed by atoms with Crippen molar-refractivity contribution in [3.05, 3.63) is 18.0 Å². The van der Waals surface area contributed by atoms with Gasteiger partial charge in [-0.1, -0.05) is 12.8 Å². The molecule has 1 aliphatic heterocycles. The van der Waals surface area contributed by atoms with E-state index in [9.17, 15) is 0 Å². The van der Waals surface area contributed by atoms with Crippen LogP contribution in [0.15, 0.2) is 17.4 Å². The van der Waals surface area contributed by atoms with Crippen molar-refractivity contribution in [2.24, 2.45) is 17.5 Å². The van der Waals surface area contributed by atoms with Crippen LogP contribution in [0.5, 0.6) is 0 Å². The van der Waals surface area contributed by atoms with Crippen LogP contribution in [0.1, 0.15) is 50.6 Å². The van der Waals surface area contributed by atoms with E-state index in [0.717, 1.165) is 25.6 Å². The summed E-state index contributed by atoms with van der Waals surface area (Å²) in [6.07, 6.45) is 11.0. The quantitative estimate of drug-likeness (QED) is 0.656. The number of aliphatic imine (C=N–C) groups is 1. The molecule has 0 aromatic carbocycles. The van der Waals surface area contributed by atoms with Gasteiger partial charge in [-0.2, -0.15) is 5.10 Å². The molecule has 3 rings (SSSR count). The van der Waals surface area contributed by atoms with E-state index in [0.29, 0.717) is 5.41 Å². The molecule has 1 saturated heterocycles. The average molecular weight is 347 g/mol. The normalized spacial score (nSPS) is 21.5. The molecule has 0 radical (unpaired) electrons. The Balaban J connectivity index is 1.70. The highest BCUT2D eigenvalue weighted by Crippen LogP contribution is 2.45. The molecular formula is C19H34N6. The molecule has 1 N–H and O–H groups in total. The maximum atomic E-state index is 5.01. The largest absolute Gasteiger partial charge is 0.357 e. The zero-order valence-corrected chi connectivity index (χ0v) is 16.3. The van der Waals surface area contributed by atoms with E-state index in [1.807, 2.05) is 17.9 Å². The zero-order chi connectivity index (χ0) is 17.9. The Morgan fingerprint density at radius 1 is 1.36 bits per heavy atom. The van der Waals surface area contributed by atoms with E-state index in [1.165, 1.54) is 44.2 Å². The molecule has 1 aromatic heterocycles. The summed E-state index contributed by atoms with van der Waals surface area (Å²) in [5, 5.41) is 7.84. The van der Waals surface area contributed by atoms with Crippen LogP contribution in [-0.4, -0.2) is 65.8 Å². The summed E-state index contributed by atoms with van der Waals surface area (Å²) in [7, 11) is 6.20. The predicted octanol–water partition coefficient (Wildman–Crippen LogP) is 2.25. The second-order valence-corrected chi connectivity index (χ2v) is 8.00. The van der Waals surface area contributed by atoms with Crippen LogP contribution in [0, 0.1) is 5.41 Å². The Labute approximate surface area is 152 Å². The number of guanidine groups is 1. The molecule has 0 bridgehead atoms. The molecule has 6 nitrogen and oxygen atoms in total. The second-order valence-electron chi connectivity index (χ2n) is 8.00. The summed E-state index contributed by atoms with van der Waals surface area (Å²) >= 11 is 0. The first kappa shape index (κ1) is 18.2. The van der Waals surface area contributed by atoms with Gasteiger partial charge in [0.2, 0.25) is 0 Å². The number of nitrogens with zero attached hydrogens (tertiary/aromatic N) is 5. The first-order valence-corrected chi connectivity index (χ1v) is 9.71. The number of nitrogens with one attached hydrogen (secondary N) is 1. The standard InChI is InChI=1S/C19H34N6/c1-5-20-18(25-11-10-19(15-25)8-6-7-9-19)21-13-17(23(2)3)16-12-22-24(4)14-16/h12,14,17H,5-11,13,15H2,1-4H3,(H,20,21). The minimum absolute atomic E-state index is 0.255. The van der Waals surface area contributed by atoms with Crippen molar-refractivity contribution in [2.75, 3.05) is 40.3 Å². The third-order valence-corrected chi connectivity index (χ3v) is 5.88. The topological polar surface area (TPSA) is 48.7 Å². The monoisotopic (exact) mass is 346 g/mol. The Hall–Kier alpha value is -1.56. The number of hydrogen-bond acceptors (Lipinski definition) is 3. The van der Waals surface area contributed by atoms with Crippen molar-refractivity contribution in [1.82, 2.24) is 24.9 Å². The van der Waals surface area contributed by atoms with Gasteiger partial charge in [0, 0.05) is 38.4 Å². The van der Waals surface area contributed by atoms with E-state index in [4.69, 9.17) is 4.99 Å². The van der Waals surface area contributed by atoms with E-state index in [2.05, 4.69) is 47.4 Å². The van der Waals surface area contributed by atoms with E-state index >= 15 is 0 Å². The molecule has 1 spiro atoms. The zero-order valence-electron chi connectivity index (χ0n) is 16.3. The molecule has 1 unspecified atom stereocenters. The number of hydrogen-bond donors (Lipinski definition) is 1. The maximum Gasteiger partial charge on any atom is 0.194 e. The Bertz CT molecular complexity index is 584. The van der Waals surface area contributed by atoms with Crippen molar-refractivity contribution in [3.63, 3.8) is 0 Å². The van der Waals surface area contributed by atoms with Crippen LogP contribution in [0.4, 0.5) is 0 Å². The highest BCUT2D eigenvalue weighted by molar-refractivity contribution is 5.80. The van der Waals surface area contributed by atoms with Gasteiger partial charge >= 0.3 is 0 Å². The number of rotatable bonds is 5. The van der Waals surface area contributed by atoms with Gasteiger partial charge in [-0.15, -0.1) is 0 Å². The van der Waals surface area contributed by atoms with Gasteiger partial charge in [-0.25, -0.2) is 0 Å². The molecule has 1 aromatic rings. The summed E-state index contributed by atoms with van der Waals surface area (Å²) in [5.41, 5.74) is 1.79. The maximum absolute atomic E-state index is 5.01. The summed E-state index contributed by atoms with van der Waals surface area (Å²) in [5.74, 6) is 1.09. The molecule has 2 heterocycles. The molecular weight excluding hydrogens is 312 g/mol. The molecule has 25 heavy (non-hydrogen) atoms. The van der Waals surface area contributed by atoms with Gasteiger partial charge in [-0.3, -0.25) is 9.67 Å². The van der Waals surface area contributed by atoms with Crippen LogP contribution in [0.25, 0.3) is 0 Å². The second kappa shape index (κ2) is 7.77. The summed E-state index contributed by atoms with van der Waals surface area (Å²) in [4.78, 5) is 9.73. The highest BCUT2D eigenvalue weighted by atomic mass is 15.3. The number of aryl methyl sites for hydroxylation is 1. The van der Waals surface area contributed by atoms with E-state index < -0.39 is 0 Å². The predicted molar refractivity (Wildman–Crippen MR) is 103 cm³/mol. The lowest BCUT2D eigenvalue weighted by Gasteiger charge is -2.27. The van der Waals surface area contributed by atoms with Crippen molar-refractivity contribution >= 4 is 5.96 Å². The van der Waals surface area contributed by atoms with Crippen LogP contribution in [0.2, 0.25) is 0 Å². The summed E-state index contributed by atoms with van der Waals surface area (Å²) < 4.78 is 1.87. The lowest BCUT2D eigenvalue weighted by Crippen LogP contribution is -2.41. The molecule has 6 heteroatoms. The van der Waals surface area contributed by atoms with Crippen LogP contribution >= 0.6 is 0 Å². The summed E-state index contributed by atoms with van der Waals surface area (Å²) in [6, 6.07) is 0.255. The van der Waals surface area contributed by atoms with Gasteiger partial charge in [0.25, 0.3) is 0 Å². The van der Waals surface area contributed by atoms with Gasteiger partial charge in [0.15, 0.2) is 5.96 Å². The molecule has 1 saturated carbocycles. The number of likely N-dealkylation sites (tertiary alicyclic amines) is 1. The number of aromatic nitrogens is 2. The van der Waals surface area contributed by atoms with E-state index in [-0.39, 0.29) is 6.04 Å². The van der Waals surface area contributed by atoms with Gasteiger partial charge in [0.1, 0.15) is 0 Å². The average Bonchev–Trinajstić information content (AvgIpc) is 3.30. The van der Waals surface area contributed by atoms with Crippen molar-refractivity contribution in [3.8, 4) is 0 Å². The highest BCUT2D eigenvalue weighted by Gasteiger charge is 2.41. The first-order chi connectivity index (χ1) is 12.0. The molecule has 1 aliphatic carbocycles. The molecule has 140 valence electrons. The molecule has 2 aliphatic rings. The van der Waals surface area contributed by atoms with Gasteiger partial charge in [-0.05, 0) is 45.7 Å². The van der Waals surface area contributed by atoms with Crippen molar-refractivity contribution in [2.45, 2.75) is 45.1 Å². The minimum atomic E-state index is 0.255. The Kier molecular flexibility index (Phi) is 5.67. The first-order valence-electron chi connectivity index (χ1n) is 9.71. The summed E-state index contributed by atoms with van der Waals surface area (Å²) in [6.45, 7) is 6.15. The lowest BCUT2D eigenvalue weighted by atomic mass is 9.86. The van der Waals surface area contributed by atoms with Crippen LogP contribution in [0.3, 0.4) is 0 Å². The van der Waals surface area contributed by atoms with Gasteiger partial charge in [0.05, 0.1) is 18.8 Å². The fourth-order valence-corrected chi connectivity index (χ4v) is 4.43. The fraction of sp³-hybridized carbons (Fsp3) is 0.789. The number of likely N-dealkylation sites (N-methyl/N-ethyl adjacent to an activating group) is 1. The molecule has 1 atom stereocenters. The van der Waals surface area contributed by atoms with E-state index in [1.54, 1.807) is 0 Å². The van der Waals surface area contributed by atoms with Crippen LogP contribution in [-0.2, 0) is 7.05 Å².